The summed E-state index contributed by atoms with van der Waals surface area (Å²) in [4.78, 5) is 8.09. The fourth-order valence-corrected chi connectivity index (χ4v) is 3.83. The fraction of sp³-hybridized carbons (Fsp3) is 0. The number of benzene rings is 3. The number of para-hydroxylation sites is 1. The number of rotatable bonds is 4. The van der Waals surface area contributed by atoms with Crippen molar-refractivity contribution in [2.75, 3.05) is 0 Å². The zero-order chi connectivity index (χ0) is 18.8. The smallest absolute Gasteiger partial charge is 0.230 e. The first-order valence-corrected chi connectivity index (χ1v) is 9.85. The number of aromatic amines is 1. The predicted octanol–water partition coefficient (Wildman–Crippen LogP) is 7.37. The van der Waals surface area contributed by atoms with Crippen LogP contribution in [-0.2, 0) is 0 Å². The highest BCUT2D eigenvalue weighted by Crippen LogP contribution is 2.38. The molecular formula is C23H16N4S. The van der Waals surface area contributed by atoms with E-state index in [1.165, 1.54) is 11.3 Å². The summed E-state index contributed by atoms with van der Waals surface area (Å²) in [5, 5.41) is 12.7. The minimum Gasteiger partial charge on any atom is -0.353 e. The van der Waals surface area contributed by atoms with Gasteiger partial charge >= 0.3 is 0 Å². The summed E-state index contributed by atoms with van der Waals surface area (Å²) in [6.45, 7) is 0. The second-order valence-corrected chi connectivity index (χ2v) is 7.18. The van der Waals surface area contributed by atoms with Crippen LogP contribution < -0.4 is 0 Å². The zero-order valence-corrected chi connectivity index (χ0v) is 15.7. The molecule has 1 N–H and O–H groups in total. The number of aromatic nitrogens is 2. The van der Waals surface area contributed by atoms with Crippen LogP contribution >= 0.6 is 11.3 Å². The molecule has 0 spiro atoms. The molecule has 134 valence electrons. The van der Waals surface area contributed by atoms with Crippen molar-refractivity contribution in [1.82, 2.24) is 9.97 Å². The Hall–Kier alpha value is -3.57. The third kappa shape index (κ3) is 3.12. The second kappa shape index (κ2) is 7.21. The van der Waals surface area contributed by atoms with E-state index in [0.29, 0.717) is 5.13 Å². The maximum atomic E-state index is 4.61. The van der Waals surface area contributed by atoms with Gasteiger partial charge in [0.2, 0.25) is 5.13 Å². The number of hydrogen-bond acceptors (Lipinski definition) is 4. The first-order chi connectivity index (χ1) is 13.9. The van der Waals surface area contributed by atoms with Crippen LogP contribution in [0.4, 0.5) is 10.8 Å². The Kier molecular flexibility index (Phi) is 4.27. The van der Waals surface area contributed by atoms with Crippen molar-refractivity contribution in [2.24, 2.45) is 10.2 Å². The fourth-order valence-electron chi connectivity index (χ4n) is 3.19. The molecule has 0 fully saturated rings. The maximum Gasteiger partial charge on any atom is 0.230 e. The molecule has 2 heterocycles. The van der Waals surface area contributed by atoms with Gasteiger partial charge in [0, 0.05) is 27.4 Å². The van der Waals surface area contributed by atoms with Crippen LogP contribution in [0.1, 0.15) is 0 Å². The minimum absolute atomic E-state index is 0.642. The summed E-state index contributed by atoms with van der Waals surface area (Å²) in [6, 6.07) is 28.4. The summed E-state index contributed by atoms with van der Waals surface area (Å²) >= 11 is 1.49. The van der Waals surface area contributed by atoms with Crippen LogP contribution in [0.25, 0.3) is 33.4 Å². The molecule has 5 heteroatoms. The number of nitrogens with zero attached hydrogens (tertiary/aromatic N) is 3. The van der Waals surface area contributed by atoms with Gasteiger partial charge in [-0.05, 0) is 6.07 Å². The van der Waals surface area contributed by atoms with Gasteiger partial charge in [0.25, 0.3) is 0 Å². The Morgan fingerprint density at radius 2 is 1.39 bits per heavy atom. The third-order valence-electron chi connectivity index (χ3n) is 4.54. The van der Waals surface area contributed by atoms with Crippen molar-refractivity contribution in [2.45, 2.75) is 0 Å². The van der Waals surface area contributed by atoms with E-state index in [4.69, 9.17) is 0 Å². The van der Waals surface area contributed by atoms with Gasteiger partial charge in [-0.3, -0.25) is 0 Å². The summed E-state index contributed by atoms with van der Waals surface area (Å²) in [7, 11) is 0. The SMILES string of the molecule is c1ccc(-c2csc(N=Nc3c(-c4ccccc4)[nH]c4ccccc34)n2)cc1. The number of azo groups is 1. The van der Waals surface area contributed by atoms with Gasteiger partial charge in [-0.1, -0.05) is 78.9 Å². The molecule has 0 saturated carbocycles. The second-order valence-electron chi connectivity index (χ2n) is 6.34. The highest BCUT2D eigenvalue weighted by molar-refractivity contribution is 7.13. The molecule has 0 radical (unpaired) electrons. The standard InChI is InChI=1S/C23H16N4S/c1-3-9-16(10-4-1)20-15-28-23(25-20)27-26-22-18-13-7-8-14-19(18)24-21(22)17-11-5-2-6-12-17/h1-15,24H. The first-order valence-electron chi connectivity index (χ1n) is 8.97. The quantitative estimate of drug-likeness (QED) is 0.325. The van der Waals surface area contributed by atoms with Crippen molar-refractivity contribution in [1.29, 1.82) is 0 Å². The van der Waals surface area contributed by atoms with E-state index < -0.39 is 0 Å². The molecule has 5 rings (SSSR count). The Bertz CT molecular complexity index is 1250. The average molecular weight is 380 g/mol. The summed E-state index contributed by atoms with van der Waals surface area (Å²) in [5.74, 6) is 0. The highest BCUT2D eigenvalue weighted by atomic mass is 32.1. The molecule has 5 aromatic rings. The molecule has 2 aromatic heterocycles. The van der Waals surface area contributed by atoms with Gasteiger partial charge in [0.15, 0.2) is 0 Å². The van der Waals surface area contributed by atoms with Crippen molar-refractivity contribution >= 4 is 33.1 Å². The van der Waals surface area contributed by atoms with E-state index in [-0.39, 0.29) is 0 Å². The lowest BCUT2D eigenvalue weighted by Crippen LogP contribution is -1.76. The van der Waals surface area contributed by atoms with Crippen LogP contribution in [0.2, 0.25) is 0 Å². The molecule has 0 atom stereocenters. The van der Waals surface area contributed by atoms with Gasteiger partial charge < -0.3 is 4.98 Å². The Morgan fingerprint density at radius 3 is 2.18 bits per heavy atom. The van der Waals surface area contributed by atoms with Crippen LogP contribution in [-0.4, -0.2) is 9.97 Å². The van der Waals surface area contributed by atoms with Crippen molar-refractivity contribution in [3.8, 4) is 22.5 Å². The molecule has 0 aliphatic carbocycles. The van der Waals surface area contributed by atoms with Gasteiger partial charge in [-0.2, -0.15) is 0 Å². The van der Waals surface area contributed by atoms with Crippen molar-refractivity contribution in [3.63, 3.8) is 0 Å². The maximum absolute atomic E-state index is 4.61. The molecule has 0 aliphatic rings. The average Bonchev–Trinajstić information content (AvgIpc) is 3.38. The molecule has 0 aliphatic heterocycles. The summed E-state index contributed by atoms with van der Waals surface area (Å²) in [6.07, 6.45) is 0. The lowest BCUT2D eigenvalue weighted by Gasteiger charge is -1.99. The van der Waals surface area contributed by atoms with E-state index in [2.05, 4.69) is 44.5 Å². The first kappa shape index (κ1) is 16.6. The summed E-state index contributed by atoms with van der Waals surface area (Å²) in [5.41, 5.74) is 5.92. The number of H-pyrrole nitrogens is 1. The lowest BCUT2D eigenvalue weighted by atomic mass is 10.1. The van der Waals surface area contributed by atoms with Crippen LogP contribution in [0, 0.1) is 0 Å². The lowest BCUT2D eigenvalue weighted by molar-refractivity contribution is 1.20. The Balaban J connectivity index is 1.56. The third-order valence-corrected chi connectivity index (χ3v) is 5.26. The van der Waals surface area contributed by atoms with Crippen LogP contribution in [0.15, 0.2) is 101 Å². The predicted molar refractivity (Wildman–Crippen MR) is 115 cm³/mol. The van der Waals surface area contributed by atoms with E-state index in [1.54, 1.807) is 0 Å². The van der Waals surface area contributed by atoms with E-state index >= 15 is 0 Å². The highest BCUT2D eigenvalue weighted by Gasteiger charge is 2.13. The molecule has 4 nitrogen and oxygen atoms in total. The van der Waals surface area contributed by atoms with E-state index in [9.17, 15) is 0 Å². The number of fused-ring (bicyclic) bond motifs is 1. The van der Waals surface area contributed by atoms with Crippen molar-refractivity contribution < 1.29 is 0 Å². The van der Waals surface area contributed by atoms with Crippen molar-refractivity contribution in [3.05, 3.63) is 90.3 Å². The molecule has 0 amide bonds. The zero-order valence-electron chi connectivity index (χ0n) is 14.9. The normalized spacial score (nSPS) is 11.4. The van der Waals surface area contributed by atoms with Gasteiger partial charge in [0.05, 0.1) is 11.4 Å². The molecule has 0 bridgehead atoms. The molecule has 0 saturated heterocycles. The topological polar surface area (TPSA) is 53.4 Å². The number of nitrogens with one attached hydrogen (secondary N) is 1. The number of hydrogen-bond donors (Lipinski definition) is 1. The van der Waals surface area contributed by atoms with Gasteiger partial charge in [-0.15, -0.1) is 21.6 Å². The van der Waals surface area contributed by atoms with E-state index in [0.717, 1.165) is 39.1 Å². The molecule has 3 aromatic carbocycles. The monoisotopic (exact) mass is 380 g/mol. The Labute approximate surface area is 166 Å². The number of thiazole rings is 1. The molecule has 0 unspecified atom stereocenters. The Morgan fingerprint density at radius 1 is 0.714 bits per heavy atom. The molecular weight excluding hydrogens is 364 g/mol. The van der Waals surface area contributed by atoms with E-state index in [1.807, 2.05) is 66.0 Å². The van der Waals surface area contributed by atoms with Gasteiger partial charge in [-0.25, -0.2) is 4.98 Å². The molecule has 28 heavy (non-hydrogen) atoms. The summed E-state index contributed by atoms with van der Waals surface area (Å²) < 4.78 is 0. The largest absolute Gasteiger partial charge is 0.353 e. The van der Waals surface area contributed by atoms with Crippen LogP contribution in [0.5, 0.6) is 0 Å². The van der Waals surface area contributed by atoms with Gasteiger partial charge in [0.1, 0.15) is 5.69 Å². The van der Waals surface area contributed by atoms with Crippen LogP contribution in [0.3, 0.4) is 0 Å². The minimum atomic E-state index is 0.642.